The monoisotopic (exact) mass is 220 g/mol. The summed E-state index contributed by atoms with van der Waals surface area (Å²) in [6.45, 7) is 8.61. The number of benzene rings is 1. The number of nitrogens with two attached hydrogens (primary N) is 1. The summed E-state index contributed by atoms with van der Waals surface area (Å²) in [6, 6.07) is 7.39. The van der Waals surface area contributed by atoms with Crippen molar-refractivity contribution in [1.82, 2.24) is 0 Å². The fourth-order valence-electron chi connectivity index (χ4n) is 1.77. The van der Waals surface area contributed by atoms with Crippen LogP contribution in [0.1, 0.15) is 31.9 Å². The van der Waals surface area contributed by atoms with E-state index in [1.165, 1.54) is 16.8 Å². The molecule has 1 unspecified atom stereocenters. The molecule has 2 nitrogen and oxygen atoms in total. The van der Waals surface area contributed by atoms with Crippen molar-refractivity contribution in [1.29, 1.82) is 0 Å². The lowest BCUT2D eigenvalue weighted by molar-refractivity contribution is 0.732. The van der Waals surface area contributed by atoms with Gasteiger partial charge in [-0.3, -0.25) is 0 Å². The van der Waals surface area contributed by atoms with Crippen molar-refractivity contribution in [3.63, 3.8) is 0 Å². The maximum atomic E-state index is 5.83. The Kier molecular flexibility index (Phi) is 4.36. The van der Waals surface area contributed by atoms with E-state index in [0.29, 0.717) is 6.04 Å². The van der Waals surface area contributed by atoms with Crippen LogP contribution in [0.4, 0.5) is 5.69 Å². The molecule has 0 aliphatic heterocycles. The largest absolute Gasteiger partial charge is 0.372 e. The summed E-state index contributed by atoms with van der Waals surface area (Å²) in [5.74, 6) is 0. The molecule has 0 aliphatic carbocycles. The maximum Gasteiger partial charge on any atom is 0.0368 e. The Morgan fingerprint density at radius 2 is 1.88 bits per heavy atom. The van der Waals surface area contributed by atoms with Crippen molar-refractivity contribution in [2.75, 3.05) is 11.9 Å². The average Bonchev–Trinajstić information content (AvgIpc) is 2.19. The molecule has 2 N–H and O–H groups in total. The van der Waals surface area contributed by atoms with Gasteiger partial charge in [-0.15, -0.1) is 0 Å². The summed E-state index contributed by atoms with van der Waals surface area (Å²) < 4.78 is 0. The van der Waals surface area contributed by atoms with Crippen LogP contribution in [0.2, 0.25) is 0 Å². The molecule has 0 aromatic heterocycles. The molecule has 0 spiro atoms. The minimum Gasteiger partial charge on any atom is -0.372 e. The first-order valence-electron chi connectivity index (χ1n) is 5.99. The Morgan fingerprint density at radius 1 is 1.25 bits per heavy atom. The lowest BCUT2D eigenvalue weighted by Crippen LogP contribution is -2.25. The van der Waals surface area contributed by atoms with Gasteiger partial charge < -0.3 is 10.6 Å². The van der Waals surface area contributed by atoms with Crippen LogP contribution in [0.15, 0.2) is 18.2 Å². The second-order valence-corrected chi connectivity index (χ2v) is 5.00. The van der Waals surface area contributed by atoms with E-state index >= 15 is 0 Å². The highest BCUT2D eigenvalue weighted by atomic mass is 15.1. The van der Waals surface area contributed by atoms with Crippen molar-refractivity contribution in [2.24, 2.45) is 5.73 Å². The molecule has 1 aromatic rings. The first-order chi connectivity index (χ1) is 7.41. The molecule has 2 heteroatoms. The molecular formula is C14H24N2. The van der Waals surface area contributed by atoms with E-state index in [1.54, 1.807) is 0 Å². The highest BCUT2D eigenvalue weighted by Gasteiger charge is 2.07. The summed E-state index contributed by atoms with van der Waals surface area (Å²) in [6.07, 6.45) is 0.956. The predicted octanol–water partition coefficient (Wildman–Crippen LogP) is 2.73. The molecule has 0 amide bonds. The third kappa shape index (κ3) is 3.24. The summed E-state index contributed by atoms with van der Waals surface area (Å²) >= 11 is 0. The summed E-state index contributed by atoms with van der Waals surface area (Å²) in [7, 11) is 2.13. The van der Waals surface area contributed by atoms with Crippen LogP contribution in [0.25, 0.3) is 0 Å². The highest BCUT2D eigenvalue weighted by Crippen LogP contribution is 2.20. The van der Waals surface area contributed by atoms with Crippen LogP contribution in [-0.2, 0) is 6.42 Å². The van der Waals surface area contributed by atoms with E-state index in [-0.39, 0.29) is 6.04 Å². The van der Waals surface area contributed by atoms with Crippen LogP contribution in [-0.4, -0.2) is 19.1 Å². The number of rotatable bonds is 4. The minimum atomic E-state index is 0.229. The van der Waals surface area contributed by atoms with Gasteiger partial charge in [0.25, 0.3) is 0 Å². The third-order valence-electron chi connectivity index (χ3n) is 3.05. The van der Waals surface area contributed by atoms with Gasteiger partial charge in [-0.1, -0.05) is 6.07 Å². The standard InChI is InChI=1S/C14H24N2/c1-10(2)16(5)14-7-6-13(9-12(4)15)11(3)8-14/h6-8,10,12H,9,15H2,1-5H3. The lowest BCUT2D eigenvalue weighted by Gasteiger charge is -2.24. The Morgan fingerprint density at radius 3 is 2.31 bits per heavy atom. The van der Waals surface area contributed by atoms with E-state index in [1.807, 2.05) is 6.92 Å². The Labute approximate surface area is 99.5 Å². The Hall–Kier alpha value is -1.02. The van der Waals surface area contributed by atoms with Gasteiger partial charge in [-0.2, -0.15) is 0 Å². The van der Waals surface area contributed by atoms with Gasteiger partial charge in [0.1, 0.15) is 0 Å². The van der Waals surface area contributed by atoms with Crippen molar-refractivity contribution >= 4 is 5.69 Å². The summed E-state index contributed by atoms with van der Waals surface area (Å²) in [5, 5.41) is 0. The van der Waals surface area contributed by atoms with E-state index in [9.17, 15) is 0 Å². The van der Waals surface area contributed by atoms with Gasteiger partial charge in [-0.05, 0) is 57.4 Å². The second-order valence-electron chi connectivity index (χ2n) is 5.00. The van der Waals surface area contributed by atoms with Crippen molar-refractivity contribution in [2.45, 2.75) is 46.2 Å². The SMILES string of the molecule is Cc1cc(N(C)C(C)C)ccc1CC(C)N. The van der Waals surface area contributed by atoms with E-state index in [2.05, 4.69) is 50.9 Å². The predicted molar refractivity (Wildman–Crippen MR) is 72.1 cm³/mol. The molecule has 1 rings (SSSR count). The highest BCUT2D eigenvalue weighted by molar-refractivity contribution is 5.50. The van der Waals surface area contributed by atoms with Gasteiger partial charge in [-0.25, -0.2) is 0 Å². The topological polar surface area (TPSA) is 29.3 Å². The maximum absolute atomic E-state index is 5.83. The Balaban J connectivity index is 2.90. The van der Waals surface area contributed by atoms with Crippen molar-refractivity contribution < 1.29 is 0 Å². The molecule has 0 radical (unpaired) electrons. The fourth-order valence-corrected chi connectivity index (χ4v) is 1.77. The van der Waals surface area contributed by atoms with Gasteiger partial charge in [0.2, 0.25) is 0 Å². The number of hydrogen-bond acceptors (Lipinski definition) is 2. The fraction of sp³-hybridized carbons (Fsp3) is 0.571. The van der Waals surface area contributed by atoms with Crippen LogP contribution in [0.3, 0.4) is 0 Å². The van der Waals surface area contributed by atoms with Crippen molar-refractivity contribution in [3.8, 4) is 0 Å². The quantitative estimate of drug-likeness (QED) is 0.845. The molecule has 0 fully saturated rings. The summed E-state index contributed by atoms with van der Waals surface area (Å²) in [5.41, 5.74) is 9.80. The van der Waals surface area contributed by atoms with Crippen LogP contribution >= 0.6 is 0 Å². The lowest BCUT2D eigenvalue weighted by atomic mass is 10.0. The van der Waals surface area contributed by atoms with E-state index < -0.39 is 0 Å². The van der Waals surface area contributed by atoms with E-state index in [0.717, 1.165) is 6.42 Å². The molecule has 0 heterocycles. The second kappa shape index (κ2) is 5.35. The number of hydrogen-bond donors (Lipinski definition) is 1. The zero-order valence-electron chi connectivity index (χ0n) is 11.1. The van der Waals surface area contributed by atoms with Gasteiger partial charge in [0.05, 0.1) is 0 Å². The third-order valence-corrected chi connectivity index (χ3v) is 3.05. The molecule has 0 bridgehead atoms. The van der Waals surface area contributed by atoms with Crippen LogP contribution in [0.5, 0.6) is 0 Å². The summed E-state index contributed by atoms with van der Waals surface area (Å²) in [4.78, 5) is 2.28. The zero-order valence-corrected chi connectivity index (χ0v) is 11.1. The molecule has 1 atom stereocenters. The first kappa shape index (κ1) is 13.0. The molecule has 1 aromatic carbocycles. The van der Waals surface area contributed by atoms with E-state index in [4.69, 9.17) is 5.73 Å². The average molecular weight is 220 g/mol. The Bertz CT molecular complexity index is 343. The minimum absolute atomic E-state index is 0.229. The smallest absolute Gasteiger partial charge is 0.0368 e. The van der Waals surface area contributed by atoms with Gasteiger partial charge in [0, 0.05) is 24.8 Å². The number of aryl methyl sites for hydroxylation is 1. The van der Waals surface area contributed by atoms with Crippen LogP contribution in [0, 0.1) is 6.92 Å². The molecule has 16 heavy (non-hydrogen) atoms. The van der Waals surface area contributed by atoms with Gasteiger partial charge in [0.15, 0.2) is 0 Å². The molecule has 90 valence electrons. The molecular weight excluding hydrogens is 196 g/mol. The van der Waals surface area contributed by atoms with Crippen molar-refractivity contribution in [3.05, 3.63) is 29.3 Å². The molecule has 0 aliphatic rings. The normalized spacial score (nSPS) is 12.9. The van der Waals surface area contributed by atoms with Crippen LogP contribution < -0.4 is 10.6 Å². The zero-order chi connectivity index (χ0) is 12.3. The van der Waals surface area contributed by atoms with Gasteiger partial charge >= 0.3 is 0 Å². The molecule has 0 saturated heterocycles. The number of anilines is 1. The molecule has 0 saturated carbocycles. The first-order valence-corrected chi connectivity index (χ1v) is 5.99. The number of nitrogens with zero attached hydrogens (tertiary/aromatic N) is 1.